The summed E-state index contributed by atoms with van der Waals surface area (Å²) in [6.07, 6.45) is 2.05. The average molecular weight is 235 g/mol. The van der Waals surface area contributed by atoms with Crippen LogP contribution in [0.4, 0.5) is 0 Å². The van der Waals surface area contributed by atoms with E-state index in [0.717, 1.165) is 24.2 Å². The van der Waals surface area contributed by atoms with Crippen LogP contribution in [0.15, 0.2) is 24.3 Å². The van der Waals surface area contributed by atoms with Gasteiger partial charge in [-0.15, -0.1) is 0 Å². The van der Waals surface area contributed by atoms with Crippen molar-refractivity contribution in [2.45, 2.75) is 46.1 Å². The first-order chi connectivity index (χ1) is 7.76. The predicted octanol–water partition coefficient (Wildman–Crippen LogP) is 3.70. The summed E-state index contributed by atoms with van der Waals surface area (Å²) in [4.78, 5) is 0. The van der Waals surface area contributed by atoms with Crippen molar-refractivity contribution < 1.29 is 4.74 Å². The summed E-state index contributed by atoms with van der Waals surface area (Å²) < 4.78 is 5.38. The third-order valence-corrected chi connectivity index (χ3v) is 3.12. The van der Waals surface area contributed by atoms with Crippen LogP contribution in [0.2, 0.25) is 0 Å². The molecule has 2 nitrogen and oxygen atoms in total. The number of ether oxygens (including phenoxy) is 1. The van der Waals surface area contributed by atoms with Gasteiger partial charge in [0.1, 0.15) is 5.75 Å². The number of nitrogens with two attached hydrogens (primary N) is 1. The van der Waals surface area contributed by atoms with E-state index in [4.69, 9.17) is 10.5 Å². The molecule has 1 unspecified atom stereocenters. The summed E-state index contributed by atoms with van der Waals surface area (Å²) in [5.41, 5.74) is 7.51. The highest BCUT2D eigenvalue weighted by Crippen LogP contribution is 2.34. The minimum Gasteiger partial charge on any atom is -0.496 e. The van der Waals surface area contributed by atoms with Crippen molar-refractivity contribution in [3.05, 3.63) is 29.8 Å². The fourth-order valence-corrected chi connectivity index (χ4v) is 1.89. The zero-order valence-electron chi connectivity index (χ0n) is 11.7. The Kier molecular flexibility index (Phi) is 4.21. The van der Waals surface area contributed by atoms with Gasteiger partial charge in [-0.1, -0.05) is 39.0 Å². The van der Waals surface area contributed by atoms with Gasteiger partial charge in [0.05, 0.1) is 7.11 Å². The maximum Gasteiger partial charge on any atom is 0.123 e. The van der Waals surface area contributed by atoms with Gasteiger partial charge in [0.2, 0.25) is 0 Å². The van der Waals surface area contributed by atoms with Gasteiger partial charge in [0.25, 0.3) is 0 Å². The Bertz CT molecular complexity index is 363. The summed E-state index contributed by atoms with van der Waals surface area (Å²) >= 11 is 0. The number of rotatable bonds is 4. The molecule has 2 N–H and O–H groups in total. The summed E-state index contributed by atoms with van der Waals surface area (Å²) in [6.45, 7) is 8.80. The molecule has 1 aromatic carbocycles. The highest BCUT2D eigenvalue weighted by molar-refractivity contribution is 5.38. The van der Waals surface area contributed by atoms with Crippen LogP contribution in [-0.4, -0.2) is 7.11 Å². The number of hydrogen-bond acceptors (Lipinski definition) is 2. The lowest BCUT2D eigenvalue weighted by molar-refractivity contribution is 0.299. The summed E-state index contributed by atoms with van der Waals surface area (Å²) in [5, 5.41) is 0. The molecule has 0 fully saturated rings. The van der Waals surface area contributed by atoms with Crippen LogP contribution in [0, 0.1) is 5.41 Å². The molecule has 0 bridgehead atoms. The van der Waals surface area contributed by atoms with Gasteiger partial charge < -0.3 is 10.5 Å². The van der Waals surface area contributed by atoms with E-state index in [1.165, 1.54) is 0 Å². The van der Waals surface area contributed by atoms with Gasteiger partial charge in [0, 0.05) is 11.1 Å². The quantitative estimate of drug-likeness (QED) is 0.863. The van der Waals surface area contributed by atoms with Crippen LogP contribution in [0.25, 0.3) is 0 Å². The lowest BCUT2D eigenvalue weighted by Crippen LogP contribution is -2.34. The van der Waals surface area contributed by atoms with Crippen molar-refractivity contribution in [1.29, 1.82) is 0 Å². The van der Waals surface area contributed by atoms with Gasteiger partial charge in [-0.3, -0.25) is 0 Å². The molecule has 0 aliphatic rings. The second-order valence-electron chi connectivity index (χ2n) is 6.18. The lowest BCUT2D eigenvalue weighted by atomic mass is 9.81. The maximum atomic E-state index is 6.44. The summed E-state index contributed by atoms with van der Waals surface area (Å²) in [6, 6.07) is 8.02. The fraction of sp³-hybridized carbons (Fsp3) is 0.600. The van der Waals surface area contributed by atoms with E-state index in [2.05, 4.69) is 33.8 Å². The molecule has 0 aliphatic carbocycles. The zero-order valence-corrected chi connectivity index (χ0v) is 11.7. The monoisotopic (exact) mass is 235 g/mol. The molecule has 0 spiro atoms. The summed E-state index contributed by atoms with van der Waals surface area (Å²) in [5.74, 6) is 0.881. The first-order valence-corrected chi connectivity index (χ1v) is 6.19. The van der Waals surface area contributed by atoms with E-state index in [9.17, 15) is 0 Å². The molecular weight excluding hydrogens is 210 g/mol. The minimum absolute atomic E-state index is 0.308. The van der Waals surface area contributed by atoms with Crippen LogP contribution >= 0.6 is 0 Å². The van der Waals surface area contributed by atoms with Crippen molar-refractivity contribution in [1.82, 2.24) is 0 Å². The van der Waals surface area contributed by atoms with Gasteiger partial charge in [0.15, 0.2) is 0 Å². The van der Waals surface area contributed by atoms with E-state index in [1.807, 2.05) is 18.2 Å². The topological polar surface area (TPSA) is 35.2 Å². The van der Waals surface area contributed by atoms with E-state index in [-0.39, 0.29) is 5.54 Å². The van der Waals surface area contributed by atoms with Gasteiger partial charge in [-0.05, 0) is 31.2 Å². The number of benzene rings is 1. The Balaban J connectivity index is 2.88. The van der Waals surface area contributed by atoms with Crippen LogP contribution < -0.4 is 10.5 Å². The number of hydrogen-bond donors (Lipinski definition) is 1. The SMILES string of the molecule is COc1ccccc1C(C)(N)CCC(C)(C)C. The minimum atomic E-state index is -0.333. The summed E-state index contributed by atoms with van der Waals surface area (Å²) in [7, 11) is 1.69. The van der Waals surface area contributed by atoms with Gasteiger partial charge in [-0.25, -0.2) is 0 Å². The first-order valence-electron chi connectivity index (χ1n) is 6.19. The number of para-hydroxylation sites is 1. The molecule has 1 rings (SSSR count). The Hall–Kier alpha value is -1.02. The highest BCUT2D eigenvalue weighted by Gasteiger charge is 2.26. The smallest absolute Gasteiger partial charge is 0.123 e. The van der Waals surface area contributed by atoms with Crippen molar-refractivity contribution in [2.75, 3.05) is 7.11 Å². The van der Waals surface area contributed by atoms with E-state index in [1.54, 1.807) is 7.11 Å². The molecule has 0 saturated heterocycles. The Morgan fingerprint density at radius 2 is 1.65 bits per heavy atom. The van der Waals surface area contributed by atoms with Crippen molar-refractivity contribution in [3.63, 3.8) is 0 Å². The largest absolute Gasteiger partial charge is 0.496 e. The van der Waals surface area contributed by atoms with Crippen molar-refractivity contribution >= 4 is 0 Å². The van der Waals surface area contributed by atoms with E-state index in [0.29, 0.717) is 5.41 Å². The van der Waals surface area contributed by atoms with E-state index >= 15 is 0 Å². The molecule has 1 aromatic rings. The molecule has 0 aromatic heterocycles. The fourth-order valence-electron chi connectivity index (χ4n) is 1.89. The normalized spacial score (nSPS) is 15.4. The van der Waals surface area contributed by atoms with Crippen molar-refractivity contribution in [3.8, 4) is 5.75 Å². The standard InChI is InChI=1S/C15H25NO/c1-14(2,3)10-11-15(4,16)12-8-6-7-9-13(12)17-5/h6-9H,10-11,16H2,1-5H3. The molecule has 0 heterocycles. The molecule has 96 valence electrons. The van der Waals surface area contributed by atoms with E-state index < -0.39 is 0 Å². The molecule has 2 heteroatoms. The average Bonchev–Trinajstić information content (AvgIpc) is 2.26. The Morgan fingerprint density at radius 1 is 1.06 bits per heavy atom. The first kappa shape index (κ1) is 14.0. The molecule has 0 saturated carbocycles. The third-order valence-electron chi connectivity index (χ3n) is 3.12. The Morgan fingerprint density at radius 3 is 2.18 bits per heavy atom. The predicted molar refractivity (Wildman–Crippen MR) is 73.2 cm³/mol. The van der Waals surface area contributed by atoms with Crippen molar-refractivity contribution in [2.24, 2.45) is 11.1 Å². The number of methoxy groups -OCH3 is 1. The van der Waals surface area contributed by atoms with Gasteiger partial charge >= 0.3 is 0 Å². The molecule has 0 amide bonds. The van der Waals surface area contributed by atoms with Crippen LogP contribution in [0.5, 0.6) is 5.75 Å². The Labute approximate surface area is 105 Å². The molecule has 0 radical (unpaired) electrons. The molecule has 17 heavy (non-hydrogen) atoms. The molecule has 1 atom stereocenters. The third kappa shape index (κ3) is 4.04. The van der Waals surface area contributed by atoms with Crippen LogP contribution in [0.1, 0.15) is 46.1 Å². The zero-order chi connectivity index (χ0) is 13.1. The lowest BCUT2D eigenvalue weighted by Gasteiger charge is -2.30. The second kappa shape index (κ2) is 5.09. The molecule has 0 aliphatic heterocycles. The van der Waals surface area contributed by atoms with Crippen LogP contribution in [-0.2, 0) is 5.54 Å². The highest BCUT2D eigenvalue weighted by atomic mass is 16.5. The second-order valence-corrected chi connectivity index (χ2v) is 6.18. The molecular formula is C15H25NO. The maximum absolute atomic E-state index is 6.44. The van der Waals surface area contributed by atoms with Crippen LogP contribution in [0.3, 0.4) is 0 Å². The van der Waals surface area contributed by atoms with Gasteiger partial charge in [-0.2, -0.15) is 0 Å².